The van der Waals surface area contributed by atoms with Gasteiger partial charge in [0.2, 0.25) is 0 Å². The van der Waals surface area contributed by atoms with Crippen LogP contribution < -0.4 is 5.32 Å². The summed E-state index contributed by atoms with van der Waals surface area (Å²) < 4.78 is 3.17. The van der Waals surface area contributed by atoms with Gasteiger partial charge in [-0.15, -0.1) is 0 Å². The van der Waals surface area contributed by atoms with E-state index >= 15 is 0 Å². The van der Waals surface area contributed by atoms with Crippen LogP contribution in [0.4, 0.5) is 0 Å². The molecule has 4 heteroatoms. The van der Waals surface area contributed by atoms with Crippen LogP contribution in [0.5, 0.6) is 0 Å². The summed E-state index contributed by atoms with van der Waals surface area (Å²) >= 11 is 3.62. The van der Waals surface area contributed by atoms with E-state index in [9.17, 15) is 0 Å². The molecule has 0 aliphatic carbocycles. The first kappa shape index (κ1) is 12.7. The van der Waals surface area contributed by atoms with Crippen LogP contribution in [0.1, 0.15) is 31.7 Å². The number of nitrogens with one attached hydrogen (secondary N) is 1. The maximum atomic E-state index is 4.47. The number of nitrogens with zero attached hydrogens (tertiary/aromatic N) is 2. The van der Waals surface area contributed by atoms with Gasteiger partial charge in [-0.25, -0.2) is 0 Å². The van der Waals surface area contributed by atoms with Gasteiger partial charge in [-0.1, -0.05) is 13.8 Å². The van der Waals surface area contributed by atoms with Gasteiger partial charge < -0.3 is 5.32 Å². The van der Waals surface area contributed by atoms with E-state index < -0.39 is 0 Å². The number of aryl methyl sites for hydroxylation is 2. The lowest BCUT2D eigenvalue weighted by Gasteiger charge is -2.04. The fraction of sp³-hybridized carbons (Fsp3) is 0.727. The summed E-state index contributed by atoms with van der Waals surface area (Å²) in [6.07, 6.45) is 3.20. The first-order valence-corrected chi connectivity index (χ1v) is 6.40. The van der Waals surface area contributed by atoms with Gasteiger partial charge in [-0.2, -0.15) is 5.10 Å². The largest absolute Gasteiger partial charge is 0.316 e. The molecule has 0 fully saturated rings. The first-order chi connectivity index (χ1) is 7.20. The fourth-order valence-electron chi connectivity index (χ4n) is 1.60. The van der Waals surface area contributed by atoms with Gasteiger partial charge in [0.1, 0.15) is 0 Å². The van der Waals surface area contributed by atoms with E-state index in [1.54, 1.807) is 0 Å². The van der Waals surface area contributed by atoms with Crippen LogP contribution in [0.25, 0.3) is 0 Å². The Morgan fingerprint density at radius 2 is 2.07 bits per heavy atom. The molecule has 3 nitrogen and oxygen atoms in total. The molecule has 0 amide bonds. The SMILES string of the molecule is CCCNCCc1c(Br)c(CC)nn1C. The molecule has 1 heterocycles. The smallest absolute Gasteiger partial charge is 0.0766 e. The maximum Gasteiger partial charge on any atom is 0.0766 e. The number of hydrogen-bond donors (Lipinski definition) is 1. The van der Waals surface area contributed by atoms with Crippen molar-refractivity contribution >= 4 is 15.9 Å². The normalized spacial score (nSPS) is 10.9. The second-order valence-corrected chi connectivity index (χ2v) is 4.48. The van der Waals surface area contributed by atoms with Crippen molar-refractivity contribution in [2.75, 3.05) is 13.1 Å². The second kappa shape index (κ2) is 6.28. The third-order valence-corrected chi connectivity index (χ3v) is 3.38. The Morgan fingerprint density at radius 1 is 1.33 bits per heavy atom. The Hall–Kier alpha value is -0.350. The van der Waals surface area contributed by atoms with Gasteiger partial charge in [0.05, 0.1) is 15.9 Å². The topological polar surface area (TPSA) is 29.9 Å². The second-order valence-electron chi connectivity index (χ2n) is 3.68. The molecule has 86 valence electrons. The maximum absolute atomic E-state index is 4.47. The van der Waals surface area contributed by atoms with E-state index in [1.807, 2.05) is 11.7 Å². The number of rotatable bonds is 6. The van der Waals surface area contributed by atoms with Crippen LogP contribution in [-0.2, 0) is 19.9 Å². The third kappa shape index (κ3) is 3.31. The van der Waals surface area contributed by atoms with Crippen LogP contribution in [0, 0.1) is 0 Å². The van der Waals surface area contributed by atoms with Crippen molar-refractivity contribution in [2.24, 2.45) is 7.05 Å². The van der Waals surface area contributed by atoms with E-state index in [4.69, 9.17) is 0 Å². The molecule has 1 aromatic heterocycles. The molecule has 0 saturated heterocycles. The van der Waals surface area contributed by atoms with Crippen molar-refractivity contribution < 1.29 is 0 Å². The Bertz CT molecular complexity index is 307. The molecule has 1 N–H and O–H groups in total. The number of hydrogen-bond acceptors (Lipinski definition) is 2. The zero-order valence-electron chi connectivity index (χ0n) is 9.81. The molecule has 1 aromatic rings. The molecule has 0 aliphatic rings. The van der Waals surface area contributed by atoms with E-state index in [2.05, 4.69) is 40.2 Å². The minimum Gasteiger partial charge on any atom is -0.316 e. The van der Waals surface area contributed by atoms with Crippen molar-refractivity contribution in [3.63, 3.8) is 0 Å². The van der Waals surface area contributed by atoms with Crippen molar-refractivity contribution in [3.8, 4) is 0 Å². The summed E-state index contributed by atoms with van der Waals surface area (Å²) in [6.45, 7) is 6.43. The van der Waals surface area contributed by atoms with Gasteiger partial charge in [0, 0.05) is 20.0 Å². The molecule has 0 radical (unpaired) electrons. The number of halogens is 1. The summed E-state index contributed by atoms with van der Waals surface area (Å²) in [7, 11) is 2.01. The lowest BCUT2D eigenvalue weighted by atomic mass is 10.2. The van der Waals surface area contributed by atoms with Gasteiger partial charge >= 0.3 is 0 Å². The highest BCUT2D eigenvalue weighted by atomic mass is 79.9. The monoisotopic (exact) mass is 273 g/mol. The highest BCUT2D eigenvalue weighted by molar-refractivity contribution is 9.10. The minimum absolute atomic E-state index is 0.983. The van der Waals surface area contributed by atoms with E-state index in [1.165, 1.54) is 16.6 Å². The zero-order valence-corrected chi connectivity index (χ0v) is 11.4. The van der Waals surface area contributed by atoms with Gasteiger partial charge in [-0.3, -0.25) is 4.68 Å². The predicted molar refractivity (Wildman–Crippen MR) is 67.2 cm³/mol. The van der Waals surface area contributed by atoms with E-state index in [-0.39, 0.29) is 0 Å². The molecule has 0 aliphatic heterocycles. The Labute approximate surface area is 100 Å². The summed E-state index contributed by atoms with van der Waals surface area (Å²) in [4.78, 5) is 0. The molecule has 0 spiro atoms. The third-order valence-electron chi connectivity index (χ3n) is 2.47. The highest BCUT2D eigenvalue weighted by Gasteiger charge is 2.11. The summed E-state index contributed by atoms with van der Waals surface area (Å²) in [6, 6.07) is 0. The van der Waals surface area contributed by atoms with Crippen LogP contribution in [0.15, 0.2) is 4.47 Å². The quantitative estimate of drug-likeness (QED) is 0.807. The average Bonchev–Trinajstić information content (AvgIpc) is 2.50. The molecule has 0 atom stereocenters. The fourth-order valence-corrected chi connectivity index (χ4v) is 2.41. The van der Waals surface area contributed by atoms with Crippen molar-refractivity contribution in [1.29, 1.82) is 0 Å². The predicted octanol–water partition coefficient (Wildman–Crippen LogP) is 2.29. The summed E-state index contributed by atoms with van der Waals surface area (Å²) in [5.74, 6) is 0. The van der Waals surface area contributed by atoms with Crippen LogP contribution in [0.3, 0.4) is 0 Å². The van der Waals surface area contributed by atoms with Gasteiger partial charge in [0.25, 0.3) is 0 Å². The van der Waals surface area contributed by atoms with Gasteiger partial charge in [0.15, 0.2) is 0 Å². The Balaban J connectivity index is 2.56. The minimum atomic E-state index is 0.983. The standard InChI is InChI=1S/C11H20BrN3/c1-4-7-13-8-6-10-11(12)9(5-2)14-15(10)3/h13H,4-8H2,1-3H3. The summed E-state index contributed by atoms with van der Waals surface area (Å²) in [5, 5.41) is 7.87. The van der Waals surface area contributed by atoms with Crippen LogP contribution >= 0.6 is 15.9 Å². The molecular formula is C11H20BrN3. The molecule has 1 rings (SSSR count). The van der Waals surface area contributed by atoms with Gasteiger partial charge in [-0.05, 0) is 35.3 Å². The Morgan fingerprint density at radius 3 is 2.60 bits per heavy atom. The molecular weight excluding hydrogens is 254 g/mol. The summed E-state index contributed by atoms with van der Waals surface area (Å²) in [5.41, 5.74) is 2.44. The number of aromatic nitrogens is 2. The molecule has 15 heavy (non-hydrogen) atoms. The average molecular weight is 274 g/mol. The van der Waals surface area contributed by atoms with Crippen molar-refractivity contribution in [1.82, 2.24) is 15.1 Å². The van der Waals surface area contributed by atoms with Crippen molar-refractivity contribution in [2.45, 2.75) is 33.1 Å². The lowest BCUT2D eigenvalue weighted by Crippen LogP contribution is -2.19. The molecule has 0 saturated carbocycles. The lowest BCUT2D eigenvalue weighted by molar-refractivity contribution is 0.633. The highest BCUT2D eigenvalue weighted by Crippen LogP contribution is 2.21. The molecule has 0 unspecified atom stereocenters. The first-order valence-electron chi connectivity index (χ1n) is 5.61. The molecule has 0 aromatic carbocycles. The van der Waals surface area contributed by atoms with E-state index in [0.717, 1.165) is 31.6 Å². The molecule has 0 bridgehead atoms. The van der Waals surface area contributed by atoms with Crippen molar-refractivity contribution in [3.05, 3.63) is 15.9 Å². The van der Waals surface area contributed by atoms with Crippen LogP contribution in [0.2, 0.25) is 0 Å². The van der Waals surface area contributed by atoms with E-state index in [0.29, 0.717) is 0 Å². The Kier molecular flexibility index (Phi) is 5.32. The van der Waals surface area contributed by atoms with Crippen LogP contribution in [-0.4, -0.2) is 22.9 Å². The zero-order chi connectivity index (χ0) is 11.3.